The highest BCUT2D eigenvalue weighted by Gasteiger charge is 2.44. The minimum atomic E-state index is -1.14. The maximum Gasteiger partial charge on any atom is 0.326 e. The van der Waals surface area contributed by atoms with E-state index in [2.05, 4.69) is 28.2 Å². The number of carboxylic acid groups (broad SMARTS) is 1. The van der Waals surface area contributed by atoms with E-state index in [1.54, 1.807) is 48.7 Å². The second-order valence-corrected chi connectivity index (χ2v) is 9.82. The van der Waals surface area contributed by atoms with Crippen molar-refractivity contribution in [3.63, 3.8) is 0 Å². The fraction of sp³-hybridized carbons (Fsp3) is 0.478. The quantitative estimate of drug-likeness (QED) is 0.330. The predicted octanol–water partition coefficient (Wildman–Crippen LogP) is 3.36. The standard InChI is InChI=1S/C23H29N3O5S2.ClH/c1-33-11-7-19(32)20(27)26-23(8-2-3-9-23)22(30)25-18(21(28)29)12-15-4-5-17(24-13-15)16-6-10-31-14-16;/h4-6,10,13-14,18-19,32H,2-3,7-9,11-12H2,1H3,(H,25,30)(H,26,27)(H,28,29);1H/t18?,19-;/m0./s1. The third-order valence-electron chi connectivity index (χ3n) is 5.84. The number of pyridine rings is 1. The van der Waals surface area contributed by atoms with Crippen molar-refractivity contribution in [1.82, 2.24) is 15.6 Å². The maximum atomic E-state index is 13.2. The van der Waals surface area contributed by atoms with Crippen LogP contribution in [0.1, 0.15) is 37.7 Å². The Morgan fingerprint density at radius 1 is 1.26 bits per heavy atom. The van der Waals surface area contributed by atoms with Crippen molar-refractivity contribution in [3.05, 3.63) is 42.5 Å². The molecule has 0 aromatic carbocycles. The maximum absolute atomic E-state index is 13.2. The van der Waals surface area contributed by atoms with Crippen LogP contribution < -0.4 is 10.6 Å². The van der Waals surface area contributed by atoms with Crippen LogP contribution in [-0.4, -0.2) is 56.7 Å². The van der Waals surface area contributed by atoms with E-state index < -0.39 is 28.7 Å². The smallest absolute Gasteiger partial charge is 0.326 e. The molecule has 1 aliphatic carbocycles. The molecule has 1 fully saturated rings. The summed E-state index contributed by atoms with van der Waals surface area (Å²) < 4.78 is 5.06. The second kappa shape index (κ2) is 13.1. The van der Waals surface area contributed by atoms with Crippen LogP contribution in [0.2, 0.25) is 0 Å². The van der Waals surface area contributed by atoms with E-state index in [1.807, 2.05) is 6.26 Å². The number of hydrogen-bond acceptors (Lipinski definition) is 7. The van der Waals surface area contributed by atoms with E-state index in [4.69, 9.17) is 4.42 Å². The van der Waals surface area contributed by atoms with E-state index in [0.717, 1.165) is 24.2 Å². The molecule has 1 saturated carbocycles. The highest BCUT2D eigenvalue weighted by atomic mass is 35.5. The third kappa shape index (κ3) is 7.16. The number of halogens is 1. The minimum absolute atomic E-state index is 0. The molecule has 0 saturated heterocycles. The second-order valence-electron chi connectivity index (χ2n) is 8.21. The van der Waals surface area contributed by atoms with E-state index in [9.17, 15) is 19.5 Å². The average molecular weight is 528 g/mol. The van der Waals surface area contributed by atoms with Gasteiger partial charge in [-0.2, -0.15) is 24.4 Å². The number of thiol groups is 1. The summed E-state index contributed by atoms with van der Waals surface area (Å²) in [5.41, 5.74) is 1.10. The van der Waals surface area contributed by atoms with Gasteiger partial charge in [0.2, 0.25) is 11.8 Å². The predicted molar refractivity (Wildman–Crippen MR) is 138 cm³/mol. The van der Waals surface area contributed by atoms with Crippen LogP contribution in [0.3, 0.4) is 0 Å². The lowest BCUT2D eigenvalue weighted by atomic mass is 9.94. The molecule has 0 bridgehead atoms. The van der Waals surface area contributed by atoms with Gasteiger partial charge in [-0.25, -0.2) is 4.79 Å². The average Bonchev–Trinajstić information content (AvgIpc) is 3.50. The molecule has 11 heteroatoms. The van der Waals surface area contributed by atoms with Gasteiger partial charge in [-0.05, 0) is 49.0 Å². The number of nitrogens with one attached hydrogen (secondary N) is 2. The lowest BCUT2D eigenvalue weighted by Crippen LogP contribution is -2.61. The Labute approximate surface area is 214 Å². The van der Waals surface area contributed by atoms with Gasteiger partial charge in [0.05, 0.1) is 23.5 Å². The highest BCUT2D eigenvalue weighted by molar-refractivity contribution is 7.98. The normalized spacial score (nSPS) is 16.2. The number of carbonyl (C=O) groups is 3. The number of hydrogen-bond donors (Lipinski definition) is 4. The molecule has 2 heterocycles. The molecule has 2 aromatic heterocycles. The van der Waals surface area contributed by atoms with Crippen LogP contribution in [0, 0.1) is 0 Å². The number of thioether (sulfide) groups is 1. The Morgan fingerprint density at radius 3 is 2.56 bits per heavy atom. The van der Waals surface area contributed by atoms with E-state index >= 15 is 0 Å². The first kappa shape index (κ1) is 28.1. The fourth-order valence-corrected chi connectivity index (χ4v) is 4.77. The van der Waals surface area contributed by atoms with Crippen molar-refractivity contribution >= 4 is 54.6 Å². The largest absolute Gasteiger partial charge is 0.480 e. The molecule has 3 rings (SSSR count). The van der Waals surface area contributed by atoms with Crippen molar-refractivity contribution in [2.24, 2.45) is 0 Å². The molecule has 2 amide bonds. The first-order valence-electron chi connectivity index (χ1n) is 10.8. The fourth-order valence-electron chi connectivity index (χ4n) is 3.93. The summed E-state index contributed by atoms with van der Waals surface area (Å²) in [7, 11) is 0. The monoisotopic (exact) mass is 527 g/mol. The van der Waals surface area contributed by atoms with Crippen LogP contribution in [0.15, 0.2) is 41.3 Å². The first-order valence-corrected chi connectivity index (χ1v) is 12.8. The number of rotatable bonds is 11. The molecule has 0 radical (unpaired) electrons. The van der Waals surface area contributed by atoms with Crippen molar-refractivity contribution in [3.8, 4) is 11.3 Å². The molecule has 34 heavy (non-hydrogen) atoms. The van der Waals surface area contributed by atoms with Crippen LogP contribution in [0.5, 0.6) is 0 Å². The molecule has 186 valence electrons. The molecule has 0 aliphatic heterocycles. The first-order chi connectivity index (χ1) is 15.8. The van der Waals surface area contributed by atoms with E-state index in [0.29, 0.717) is 30.5 Å². The zero-order valence-electron chi connectivity index (χ0n) is 18.9. The van der Waals surface area contributed by atoms with Gasteiger partial charge in [-0.15, -0.1) is 12.4 Å². The number of carbonyl (C=O) groups excluding carboxylic acids is 2. The Morgan fingerprint density at radius 2 is 2.00 bits per heavy atom. The molecule has 1 unspecified atom stereocenters. The van der Waals surface area contributed by atoms with Gasteiger partial charge in [0.15, 0.2) is 0 Å². The molecule has 0 spiro atoms. The van der Waals surface area contributed by atoms with Gasteiger partial charge in [0, 0.05) is 18.2 Å². The molecule has 2 atom stereocenters. The molecule has 3 N–H and O–H groups in total. The number of amides is 2. The lowest BCUT2D eigenvalue weighted by Gasteiger charge is -2.31. The Balaban J connectivity index is 0.00000408. The summed E-state index contributed by atoms with van der Waals surface area (Å²) in [5, 5.41) is 14.8. The topological polar surface area (TPSA) is 122 Å². The summed E-state index contributed by atoms with van der Waals surface area (Å²) in [5.74, 6) is -1.12. The Bertz CT molecular complexity index is 950. The van der Waals surface area contributed by atoms with Crippen LogP contribution in [-0.2, 0) is 20.8 Å². The Hall–Kier alpha value is -2.17. The van der Waals surface area contributed by atoms with Gasteiger partial charge in [-0.1, -0.05) is 18.9 Å². The van der Waals surface area contributed by atoms with Crippen LogP contribution in [0.4, 0.5) is 0 Å². The van der Waals surface area contributed by atoms with Crippen molar-refractivity contribution in [1.29, 1.82) is 0 Å². The van der Waals surface area contributed by atoms with E-state index in [-0.39, 0.29) is 24.7 Å². The van der Waals surface area contributed by atoms with Crippen molar-refractivity contribution in [2.45, 2.75) is 55.4 Å². The zero-order valence-corrected chi connectivity index (χ0v) is 21.4. The zero-order chi connectivity index (χ0) is 23.8. The number of aromatic nitrogens is 1. The summed E-state index contributed by atoms with van der Waals surface area (Å²) >= 11 is 6.00. The molecular weight excluding hydrogens is 498 g/mol. The summed E-state index contributed by atoms with van der Waals surface area (Å²) in [4.78, 5) is 42.1. The third-order valence-corrected chi connectivity index (χ3v) is 6.97. The van der Waals surface area contributed by atoms with Gasteiger partial charge in [0.25, 0.3) is 0 Å². The summed E-state index contributed by atoms with van der Waals surface area (Å²) in [6.07, 6.45) is 9.86. The summed E-state index contributed by atoms with van der Waals surface area (Å²) in [6.45, 7) is 0. The molecule has 8 nitrogen and oxygen atoms in total. The number of aliphatic carboxylic acids is 1. The van der Waals surface area contributed by atoms with Crippen molar-refractivity contribution in [2.75, 3.05) is 12.0 Å². The molecule has 1 aliphatic rings. The molecule has 2 aromatic rings. The van der Waals surface area contributed by atoms with Gasteiger partial charge in [0.1, 0.15) is 11.6 Å². The number of furan rings is 1. The number of carboxylic acids is 1. The van der Waals surface area contributed by atoms with Crippen LogP contribution >= 0.6 is 36.8 Å². The van der Waals surface area contributed by atoms with Crippen molar-refractivity contribution < 1.29 is 23.9 Å². The SMILES string of the molecule is CSCC[C@H](S)C(=O)NC1(C(=O)NC(Cc2ccc(-c3ccoc3)nc2)C(=O)O)CCCC1.Cl. The summed E-state index contributed by atoms with van der Waals surface area (Å²) in [6, 6.07) is 4.20. The highest BCUT2D eigenvalue weighted by Crippen LogP contribution is 2.31. The van der Waals surface area contributed by atoms with Gasteiger partial charge in [-0.3, -0.25) is 14.6 Å². The Kier molecular flexibility index (Phi) is 10.8. The molecular formula is C23H30ClN3O5S2. The van der Waals surface area contributed by atoms with Gasteiger partial charge < -0.3 is 20.2 Å². The number of nitrogens with zero attached hydrogens (tertiary/aromatic N) is 1. The lowest BCUT2D eigenvalue weighted by molar-refractivity contribution is -0.143. The van der Waals surface area contributed by atoms with Crippen LogP contribution in [0.25, 0.3) is 11.3 Å². The van der Waals surface area contributed by atoms with E-state index in [1.165, 1.54) is 0 Å². The van der Waals surface area contributed by atoms with Gasteiger partial charge >= 0.3 is 5.97 Å². The minimum Gasteiger partial charge on any atom is -0.480 e.